The molecule has 0 aliphatic heterocycles. The zero-order chi connectivity index (χ0) is 38.4. The van der Waals surface area contributed by atoms with Crippen LogP contribution < -0.4 is 0 Å². The van der Waals surface area contributed by atoms with E-state index in [1.807, 2.05) is 19.9 Å². The normalized spacial score (nSPS) is 11.2. The highest BCUT2D eigenvalue weighted by Gasteiger charge is 2.18. The summed E-state index contributed by atoms with van der Waals surface area (Å²) >= 11 is 0. The third-order valence-corrected chi connectivity index (χ3v) is 9.76. The molecular weight excluding hydrogens is 637 g/mol. The van der Waals surface area contributed by atoms with E-state index in [4.69, 9.17) is 0 Å². The van der Waals surface area contributed by atoms with Gasteiger partial charge in [-0.1, -0.05) is 217 Å². The zero-order valence-electron chi connectivity index (χ0n) is 33.9. The summed E-state index contributed by atoms with van der Waals surface area (Å²) in [6, 6.07) is 58.7. The first kappa shape index (κ1) is 40.6. The highest BCUT2D eigenvalue weighted by atomic mass is 14.2. The van der Waals surface area contributed by atoms with Gasteiger partial charge < -0.3 is 0 Å². The maximum absolute atomic E-state index is 2.38. The lowest BCUT2D eigenvalue weighted by atomic mass is 9.83. The Kier molecular flexibility index (Phi) is 15.0. The maximum atomic E-state index is 2.38. The molecule has 0 N–H and O–H groups in total. The van der Waals surface area contributed by atoms with Gasteiger partial charge in [-0.3, -0.25) is 0 Å². The molecule has 7 aromatic rings. The molecular formula is C53H60. The molecule has 0 nitrogen and oxygen atoms in total. The minimum atomic E-state index is 0.293. The number of fused-ring (bicyclic) bond motifs is 1. The van der Waals surface area contributed by atoms with Crippen LogP contribution in [0.15, 0.2) is 164 Å². The van der Waals surface area contributed by atoms with Crippen LogP contribution in [0, 0.1) is 20.8 Å². The Hall–Kier alpha value is -5.20. The van der Waals surface area contributed by atoms with Gasteiger partial charge in [-0.15, -0.1) is 0 Å². The van der Waals surface area contributed by atoms with Crippen molar-refractivity contribution in [2.45, 2.75) is 87.0 Å². The van der Waals surface area contributed by atoms with Crippen LogP contribution in [0.3, 0.4) is 0 Å². The van der Waals surface area contributed by atoms with E-state index in [1.165, 1.54) is 72.0 Å². The first-order valence-corrected chi connectivity index (χ1v) is 19.4. The number of rotatable bonds is 5. The SMILES string of the molecule is CC.CC(C)(C)c1ccccc1.CCC(C)c1cccc(-c2ccc(C)cc2)c1-c1cc2ccccc2cc1C.Cc1ccc(-c2ccccc2)cc1. The smallest absolute Gasteiger partial charge is 0.00677 e. The molecule has 272 valence electrons. The van der Waals surface area contributed by atoms with Crippen LogP contribution in [0.25, 0.3) is 44.2 Å². The van der Waals surface area contributed by atoms with Crippen molar-refractivity contribution in [1.82, 2.24) is 0 Å². The molecule has 0 fully saturated rings. The van der Waals surface area contributed by atoms with E-state index in [0.29, 0.717) is 11.3 Å². The lowest BCUT2D eigenvalue weighted by Gasteiger charge is -2.21. The first-order valence-electron chi connectivity index (χ1n) is 19.4. The van der Waals surface area contributed by atoms with Crippen molar-refractivity contribution in [3.63, 3.8) is 0 Å². The third kappa shape index (κ3) is 11.1. The molecule has 7 rings (SSSR count). The van der Waals surface area contributed by atoms with Crippen molar-refractivity contribution in [2.75, 3.05) is 0 Å². The second-order valence-electron chi connectivity index (χ2n) is 14.8. The van der Waals surface area contributed by atoms with Crippen molar-refractivity contribution in [1.29, 1.82) is 0 Å². The zero-order valence-corrected chi connectivity index (χ0v) is 33.9. The highest BCUT2D eigenvalue weighted by Crippen LogP contribution is 2.41. The van der Waals surface area contributed by atoms with Crippen LogP contribution in [0.2, 0.25) is 0 Å². The summed E-state index contributed by atoms with van der Waals surface area (Å²) in [7, 11) is 0. The molecule has 0 radical (unpaired) electrons. The molecule has 0 amide bonds. The van der Waals surface area contributed by atoms with E-state index < -0.39 is 0 Å². The summed E-state index contributed by atoms with van der Waals surface area (Å²) in [6.07, 6.45) is 1.14. The van der Waals surface area contributed by atoms with Crippen LogP contribution in [-0.2, 0) is 5.41 Å². The van der Waals surface area contributed by atoms with E-state index in [-0.39, 0.29) is 0 Å². The van der Waals surface area contributed by atoms with Gasteiger partial charge in [0.25, 0.3) is 0 Å². The number of aryl methyl sites for hydroxylation is 3. The monoisotopic (exact) mass is 696 g/mol. The second-order valence-corrected chi connectivity index (χ2v) is 14.8. The van der Waals surface area contributed by atoms with E-state index in [2.05, 4.69) is 213 Å². The summed E-state index contributed by atoms with van der Waals surface area (Å²) in [5.41, 5.74) is 15.0. The molecule has 0 heterocycles. The standard InChI is InChI=1S/C28H28.C13H12.C10H14.C2H6/c1-5-20(3)25-11-8-12-26(22-15-13-19(2)14-16-22)28(25)27-18-24-10-7-6-9-23(24)17-21(27)4;1-11-7-9-13(10-8-11)12-5-3-2-4-6-12;1-10(2,3)9-7-5-4-6-8-9;1-2/h6-18,20H,5H2,1-4H3;2-10H,1H3;4-8H,1-3H3;1-2H3. The maximum Gasteiger partial charge on any atom is -0.00677 e. The molecule has 0 aromatic heterocycles. The Bertz CT molecular complexity index is 2110. The van der Waals surface area contributed by atoms with Gasteiger partial charge in [-0.25, -0.2) is 0 Å². The molecule has 0 saturated carbocycles. The number of benzene rings is 7. The van der Waals surface area contributed by atoms with Crippen LogP contribution in [0.4, 0.5) is 0 Å². The van der Waals surface area contributed by atoms with Gasteiger partial charge in [0.1, 0.15) is 0 Å². The van der Waals surface area contributed by atoms with Crippen molar-refractivity contribution < 1.29 is 0 Å². The van der Waals surface area contributed by atoms with E-state index >= 15 is 0 Å². The average Bonchev–Trinajstić information content (AvgIpc) is 3.19. The molecule has 0 saturated heterocycles. The second kappa shape index (κ2) is 19.6. The molecule has 53 heavy (non-hydrogen) atoms. The fraction of sp³-hybridized carbons (Fsp3) is 0.245. The van der Waals surface area contributed by atoms with Gasteiger partial charge in [-0.2, -0.15) is 0 Å². The Morgan fingerprint density at radius 3 is 1.45 bits per heavy atom. The molecule has 0 heteroatoms. The summed E-state index contributed by atoms with van der Waals surface area (Å²) in [6.45, 7) is 21.8. The fourth-order valence-corrected chi connectivity index (χ4v) is 6.41. The molecule has 0 bridgehead atoms. The quantitative estimate of drug-likeness (QED) is 0.168. The van der Waals surface area contributed by atoms with E-state index in [1.54, 1.807) is 0 Å². The largest absolute Gasteiger partial charge is 0.0683 e. The number of hydrogen-bond donors (Lipinski definition) is 0. The summed E-state index contributed by atoms with van der Waals surface area (Å²) in [5, 5.41) is 2.61. The van der Waals surface area contributed by atoms with Crippen LogP contribution in [0.5, 0.6) is 0 Å². The van der Waals surface area contributed by atoms with Gasteiger partial charge in [0.05, 0.1) is 0 Å². The fourth-order valence-electron chi connectivity index (χ4n) is 6.41. The predicted octanol–water partition coefficient (Wildman–Crippen LogP) is 16.0. The van der Waals surface area contributed by atoms with Crippen molar-refractivity contribution in [3.8, 4) is 33.4 Å². The summed E-state index contributed by atoms with van der Waals surface area (Å²) < 4.78 is 0. The molecule has 7 aromatic carbocycles. The Morgan fingerprint density at radius 1 is 0.472 bits per heavy atom. The minimum Gasteiger partial charge on any atom is -0.0683 e. The van der Waals surface area contributed by atoms with Crippen LogP contribution in [0.1, 0.15) is 88.6 Å². The third-order valence-electron chi connectivity index (χ3n) is 9.76. The summed E-state index contributed by atoms with van der Waals surface area (Å²) in [5.74, 6) is 0.520. The Morgan fingerprint density at radius 2 is 0.943 bits per heavy atom. The van der Waals surface area contributed by atoms with Crippen LogP contribution >= 0.6 is 0 Å². The Labute approximate surface area is 321 Å². The van der Waals surface area contributed by atoms with Gasteiger partial charge in [0.15, 0.2) is 0 Å². The lowest BCUT2D eigenvalue weighted by molar-refractivity contribution is 0.590. The van der Waals surface area contributed by atoms with Gasteiger partial charge >= 0.3 is 0 Å². The molecule has 1 atom stereocenters. The van der Waals surface area contributed by atoms with Gasteiger partial charge in [-0.05, 0) is 105 Å². The number of hydrogen-bond acceptors (Lipinski definition) is 0. The minimum absolute atomic E-state index is 0.293. The predicted molar refractivity (Wildman–Crippen MR) is 236 cm³/mol. The average molecular weight is 697 g/mol. The lowest BCUT2D eigenvalue weighted by Crippen LogP contribution is -2.10. The van der Waals surface area contributed by atoms with Crippen molar-refractivity contribution in [3.05, 3.63) is 192 Å². The first-order chi connectivity index (χ1) is 25.5. The van der Waals surface area contributed by atoms with Crippen LogP contribution in [-0.4, -0.2) is 0 Å². The summed E-state index contributed by atoms with van der Waals surface area (Å²) in [4.78, 5) is 0. The topological polar surface area (TPSA) is 0 Å². The molecule has 0 spiro atoms. The van der Waals surface area contributed by atoms with E-state index in [0.717, 1.165) is 6.42 Å². The van der Waals surface area contributed by atoms with Crippen molar-refractivity contribution >= 4 is 10.8 Å². The molecule has 0 aliphatic rings. The van der Waals surface area contributed by atoms with E-state index in [9.17, 15) is 0 Å². The van der Waals surface area contributed by atoms with Gasteiger partial charge in [0, 0.05) is 0 Å². The highest BCUT2D eigenvalue weighted by molar-refractivity contribution is 5.94. The Balaban J connectivity index is 0.000000206. The van der Waals surface area contributed by atoms with Crippen molar-refractivity contribution in [2.24, 2.45) is 0 Å². The molecule has 0 aliphatic carbocycles. The van der Waals surface area contributed by atoms with Gasteiger partial charge in [0.2, 0.25) is 0 Å². The molecule has 1 unspecified atom stereocenters.